The quantitative estimate of drug-likeness (QED) is 0.537. The summed E-state index contributed by atoms with van der Waals surface area (Å²) in [5, 5.41) is 0.596. The SMILES string of the molecule is CC1CCC2SN(C)C(=O)C2C1. The Labute approximate surface area is 77.8 Å². The zero-order chi connectivity index (χ0) is 8.72. The van der Waals surface area contributed by atoms with Gasteiger partial charge in [-0.2, -0.15) is 0 Å². The van der Waals surface area contributed by atoms with E-state index in [4.69, 9.17) is 0 Å². The number of nitrogens with zero attached hydrogens (tertiary/aromatic N) is 1. The third-order valence-corrected chi connectivity index (χ3v) is 4.30. The average molecular weight is 185 g/mol. The van der Waals surface area contributed by atoms with Crippen LogP contribution < -0.4 is 0 Å². The summed E-state index contributed by atoms with van der Waals surface area (Å²) in [6.07, 6.45) is 3.64. The summed E-state index contributed by atoms with van der Waals surface area (Å²) in [4.78, 5) is 11.6. The van der Waals surface area contributed by atoms with Crippen molar-refractivity contribution in [3.8, 4) is 0 Å². The summed E-state index contributed by atoms with van der Waals surface area (Å²) in [6.45, 7) is 2.26. The fraction of sp³-hybridized carbons (Fsp3) is 0.889. The minimum Gasteiger partial charge on any atom is -0.289 e. The fourth-order valence-corrected chi connectivity index (χ4v) is 3.49. The molecule has 0 spiro atoms. The van der Waals surface area contributed by atoms with Gasteiger partial charge in [0.15, 0.2) is 0 Å². The number of carbonyl (C=O) groups is 1. The maximum atomic E-state index is 11.6. The van der Waals surface area contributed by atoms with Crippen LogP contribution in [0.3, 0.4) is 0 Å². The van der Waals surface area contributed by atoms with Crippen molar-refractivity contribution in [2.45, 2.75) is 31.4 Å². The second-order valence-corrected chi connectivity index (χ2v) is 5.37. The van der Waals surface area contributed by atoms with Gasteiger partial charge in [-0.3, -0.25) is 9.10 Å². The molecular weight excluding hydrogens is 170 g/mol. The van der Waals surface area contributed by atoms with Crippen molar-refractivity contribution in [3.05, 3.63) is 0 Å². The van der Waals surface area contributed by atoms with Gasteiger partial charge >= 0.3 is 0 Å². The Kier molecular flexibility index (Phi) is 2.07. The van der Waals surface area contributed by atoms with E-state index in [9.17, 15) is 4.79 Å². The van der Waals surface area contributed by atoms with Crippen LogP contribution in [0, 0.1) is 11.8 Å². The van der Waals surface area contributed by atoms with Gasteiger partial charge in [-0.25, -0.2) is 0 Å². The van der Waals surface area contributed by atoms with Crippen LogP contribution in [0.2, 0.25) is 0 Å². The molecule has 1 aliphatic heterocycles. The highest BCUT2D eigenvalue weighted by Crippen LogP contribution is 2.43. The monoisotopic (exact) mass is 185 g/mol. The standard InChI is InChI=1S/C9H15NOS/c1-6-3-4-8-7(5-6)9(11)10(2)12-8/h6-8H,3-5H2,1-2H3. The first kappa shape index (κ1) is 8.42. The Bertz CT molecular complexity index is 207. The number of rotatable bonds is 0. The number of hydrogen-bond donors (Lipinski definition) is 0. The predicted molar refractivity (Wildman–Crippen MR) is 50.7 cm³/mol. The minimum atomic E-state index is 0.337. The van der Waals surface area contributed by atoms with Crippen LogP contribution in [0.25, 0.3) is 0 Å². The number of amides is 1. The van der Waals surface area contributed by atoms with Crippen molar-refractivity contribution >= 4 is 17.9 Å². The molecule has 0 radical (unpaired) electrons. The first-order valence-corrected chi connectivity index (χ1v) is 5.46. The second-order valence-electron chi connectivity index (χ2n) is 4.00. The Hall–Kier alpha value is -0.180. The van der Waals surface area contributed by atoms with E-state index in [1.165, 1.54) is 12.8 Å². The van der Waals surface area contributed by atoms with Crippen molar-refractivity contribution in [1.82, 2.24) is 4.31 Å². The Morgan fingerprint density at radius 3 is 3.00 bits per heavy atom. The van der Waals surface area contributed by atoms with Crippen LogP contribution in [0.15, 0.2) is 0 Å². The fourth-order valence-electron chi connectivity index (χ4n) is 2.23. The van der Waals surface area contributed by atoms with E-state index in [-0.39, 0.29) is 0 Å². The highest BCUT2D eigenvalue weighted by molar-refractivity contribution is 7.98. The Balaban J connectivity index is 2.10. The third kappa shape index (κ3) is 1.24. The second kappa shape index (κ2) is 2.95. The van der Waals surface area contributed by atoms with Crippen LogP contribution in [0.5, 0.6) is 0 Å². The molecule has 0 aromatic carbocycles. The van der Waals surface area contributed by atoms with Crippen LogP contribution in [-0.4, -0.2) is 22.5 Å². The molecule has 1 saturated heterocycles. The molecule has 0 aromatic rings. The van der Waals surface area contributed by atoms with Gasteiger partial charge < -0.3 is 0 Å². The average Bonchev–Trinajstić information content (AvgIpc) is 2.31. The van der Waals surface area contributed by atoms with Crippen LogP contribution in [0.1, 0.15) is 26.2 Å². The molecule has 0 N–H and O–H groups in total. The van der Waals surface area contributed by atoms with Gasteiger partial charge in [0.05, 0.1) is 5.92 Å². The predicted octanol–water partition coefficient (Wildman–Crippen LogP) is 1.91. The summed E-state index contributed by atoms with van der Waals surface area (Å²) in [6, 6.07) is 0. The molecule has 0 bridgehead atoms. The molecule has 2 fully saturated rings. The van der Waals surface area contributed by atoms with Gasteiger partial charge in [0.25, 0.3) is 0 Å². The van der Waals surface area contributed by atoms with E-state index in [1.807, 2.05) is 11.4 Å². The van der Waals surface area contributed by atoms with Gasteiger partial charge in [-0.1, -0.05) is 6.92 Å². The van der Waals surface area contributed by atoms with Crippen LogP contribution in [0.4, 0.5) is 0 Å². The zero-order valence-electron chi connectivity index (χ0n) is 7.62. The first-order valence-electron chi connectivity index (χ1n) is 4.63. The zero-order valence-corrected chi connectivity index (χ0v) is 8.43. The van der Waals surface area contributed by atoms with Crippen molar-refractivity contribution in [2.75, 3.05) is 7.05 Å². The van der Waals surface area contributed by atoms with Gasteiger partial charge in [0, 0.05) is 12.3 Å². The molecule has 1 heterocycles. The third-order valence-electron chi connectivity index (χ3n) is 2.97. The molecule has 1 amide bonds. The topological polar surface area (TPSA) is 20.3 Å². The molecule has 68 valence electrons. The van der Waals surface area contributed by atoms with Crippen molar-refractivity contribution in [2.24, 2.45) is 11.8 Å². The highest BCUT2D eigenvalue weighted by atomic mass is 32.2. The summed E-state index contributed by atoms with van der Waals surface area (Å²) in [5.74, 6) is 1.45. The molecule has 0 aromatic heterocycles. The Morgan fingerprint density at radius 1 is 1.50 bits per heavy atom. The Morgan fingerprint density at radius 2 is 2.25 bits per heavy atom. The maximum Gasteiger partial charge on any atom is 0.236 e. The van der Waals surface area contributed by atoms with Crippen molar-refractivity contribution in [3.63, 3.8) is 0 Å². The van der Waals surface area contributed by atoms with Gasteiger partial charge in [-0.05, 0) is 37.1 Å². The molecule has 2 rings (SSSR count). The number of carbonyl (C=O) groups excluding carboxylic acids is 1. The normalized spacial score (nSPS) is 41.7. The van der Waals surface area contributed by atoms with E-state index in [0.717, 1.165) is 12.3 Å². The molecule has 3 heteroatoms. The van der Waals surface area contributed by atoms with E-state index in [1.54, 1.807) is 11.9 Å². The number of hydrogen-bond acceptors (Lipinski definition) is 2. The lowest BCUT2D eigenvalue weighted by Gasteiger charge is -2.25. The lowest BCUT2D eigenvalue weighted by Crippen LogP contribution is -2.28. The lowest BCUT2D eigenvalue weighted by molar-refractivity contribution is -0.129. The summed E-state index contributed by atoms with van der Waals surface area (Å²) < 4.78 is 1.83. The summed E-state index contributed by atoms with van der Waals surface area (Å²) in [5.41, 5.74) is 0. The van der Waals surface area contributed by atoms with Gasteiger partial charge in [0.2, 0.25) is 5.91 Å². The van der Waals surface area contributed by atoms with Crippen molar-refractivity contribution < 1.29 is 4.79 Å². The first-order chi connectivity index (χ1) is 5.68. The molecule has 1 saturated carbocycles. The summed E-state index contributed by atoms with van der Waals surface area (Å²) >= 11 is 1.74. The maximum absolute atomic E-state index is 11.6. The van der Waals surface area contributed by atoms with E-state index < -0.39 is 0 Å². The van der Waals surface area contributed by atoms with E-state index >= 15 is 0 Å². The summed E-state index contributed by atoms with van der Waals surface area (Å²) in [7, 11) is 1.90. The molecule has 2 aliphatic rings. The molecular formula is C9H15NOS. The largest absolute Gasteiger partial charge is 0.289 e. The van der Waals surface area contributed by atoms with Gasteiger partial charge in [-0.15, -0.1) is 0 Å². The van der Waals surface area contributed by atoms with Crippen LogP contribution in [-0.2, 0) is 4.79 Å². The van der Waals surface area contributed by atoms with Crippen molar-refractivity contribution in [1.29, 1.82) is 0 Å². The number of fused-ring (bicyclic) bond motifs is 1. The smallest absolute Gasteiger partial charge is 0.236 e. The highest BCUT2D eigenvalue weighted by Gasteiger charge is 2.42. The molecule has 3 unspecified atom stereocenters. The molecule has 3 atom stereocenters. The molecule has 1 aliphatic carbocycles. The van der Waals surface area contributed by atoms with E-state index in [0.29, 0.717) is 17.1 Å². The molecule has 12 heavy (non-hydrogen) atoms. The molecule has 2 nitrogen and oxygen atoms in total. The van der Waals surface area contributed by atoms with Gasteiger partial charge in [0.1, 0.15) is 0 Å². The minimum absolute atomic E-state index is 0.337. The van der Waals surface area contributed by atoms with Crippen LogP contribution >= 0.6 is 11.9 Å². The van der Waals surface area contributed by atoms with E-state index in [2.05, 4.69) is 6.92 Å². The lowest BCUT2D eigenvalue weighted by atomic mass is 9.82.